The van der Waals surface area contributed by atoms with Crippen LogP contribution in [0.2, 0.25) is 0 Å². The number of likely N-dealkylation sites (N-methyl/N-ethyl adjacent to an activating group) is 1. The molecule has 1 saturated heterocycles. The first-order chi connectivity index (χ1) is 11.5. The zero-order valence-corrected chi connectivity index (χ0v) is 15.8. The number of piperidine rings is 1. The average Bonchev–Trinajstić information content (AvgIpc) is 3.06. The fourth-order valence-corrected chi connectivity index (χ4v) is 3.57. The number of nitrogens with one attached hydrogen (secondary N) is 2. The van der Waals surface area contributed by atoms with Gasteiger partial charge in [-0.2, -0.15) is 0 Å². The number of hydrogen-bond acceptors (Lipinski definition) is 3. The molecule has 0 radical (unpaired) electrons. The van der Waals surface area contributed by atoms with E-state index >= 15 is 0 Å². The van der Waals surface area contributed by atoms with Crippen molar-refractivity contribution in [3.8, 4) is 0 Å². The lowest BCUT2D eigenvalue weighted by Crippen LogP contribution is -2.51. The Balaban J connectivity index is 1.83. The highest BCUT2D eigenvalue weighted by atomic mass is 16.2. The third-order valence-electron chi connectivity index (χ3n) is 5.01. The van der Waals surface area contributed by atoms with Crippen molar-refractivity contribution in [2.45, 2.75) is 70.5 Å². The fraction of sp³-hybridized carbons (Fsp3) is 0.889. The number of aliphatic imine (C=N–C) groups is 1. The van der Waals surface area contributed by atoms with Crippen molar-refractivity contribution in [1.29, 1.82) is 0 Å². The number of likely N-dealkylation sites (tertiary alicyclic amines) is 1. The van der Waals surface area contributed by atoms with Gasteiger partial charge >= 0.3 is 0 Å². The summed E-state index contributed by atoms with van der Waals surface area (Å²) in [5.41, 5.74) is 0. The number of guanidine groups is 1. The van der Waals surface area contributed by atoms with E-state index in [0.717, 1.165) is 24.8 Å². The molecule has 0 spiro atoms. The van der Waals surface area contributed by atoms with Crippen molar-refractivity contribution in [1.82, 2.24) is 20.4 Å². The van der Waals surface area contributed by atoms with Crippen molar-refractivity contribution >= 4 is 11.9 Å². The minimum atomic E-state index is 0.0240. The van der Waals surface area contributed by atoms with Crippen LogP contribution in [-0.2, 0) is 4.79 Å². The second kappa shape index (κ2) is 9.25. The van der Waals surface area contributed by atoms with E-state index in [1.165, 1.54) is 38.8 Å². The molecule has 1 amide bonds. The predicted octanol–water partition coefficient (Wildman–Crippen LogP) is 1.43. The Morgan fingerprint density at radius 1 is 1.17 bits per heavy atom. The molecule has 1 heterocycles. The van der Waals surface area contributed by atoms with Crippen LogP contribution in [0.1, 0.15) is 52.4 Å². The Bertz CT molecular complexity index is 421. The van der Waals surface area contributed by atoms with E-state index in [9.17, 15) is 4.79 Å². The molecule has 0 aromatic heterocycles. The topological polar surface area (TPSA) is 60.0 Å². The van der Waals surface area contributed by atoms with Gasteiger partial charge in [-0.15, -0.1) is 0 Å². The lowest BCUT2D eigenvalue weighted by molar-refractivity contribution is -0.127. The Morgan fingerprint density at radius 2 is 1.79 bits per heavy atom. The molecule has 0 aromatic rings. The van der Waals surface area contributed by atoms with Gasteiger partial charge in [0.05, 0.1) is 0 Å². The Morgan fingerprint density at radius 3 is 2.33 bits per heavy atom. The second-order valence-electron chi connectivity index (χ2n) is 7.64. The molecular weight excluding hydrogens is 302 g/mol. The SMILES string of the molecule is CC(C)NC(=NCC(=O)N(C)C)NC1CCN(C2CCCC2)CC1. The first-order valence-corrected chi connectivity index (χ1v) is 9.47. The smallest absolute Gasteiger partial charge is 0.243 e. The zero-order chi connectivity index (χ0) is 17.5. The number of rotatable bonds is 5. The molecule has 2 rings (SSSR count). The van der Waals surface area contributed by atoms with Crippen LogP contribution in [0.4, 0.5) is 0 Å². The quantitative estimate of drug-likeness (QED) is 0.588. The van der Waals surface area contributed by atoms with Crippen LogP contribution in [-0.4, -0.2) is 73.5 Å². The minimum absolute atomic E-state index is 0.0240. The summed E-state index contributed by atoms with van der Waals surface area (Å²) in [5.74, 6) is 0.787. The third kappa shape index (κ3) is 5.96. The number of nitrogens with zero attached hydrogens (tertiary/aromatic N) is 3. The molecule has 6 heteroatoms. The van der Waals surface area contributed by atoms with Crippen LogP contribution in [0, 0.1) is 0 Å². The molecule has 1 aliphatic heterocycles. The molecule has 1 aliphatic carbocycles. The molecule has 0 bridgehead atoms. The van der Waals surface area contributed by atoms with E-state index in [-0.39, 0.29) is 12.5 Å². The average molecular weight is 338 g/mol. The van der Waals surface area contributed by atoms with Gasteiger partial charge in [0.15, 0.2) is 5.96 Å². The highest BCUT2D eigenvalue weighted by Crippen LogP contribution is 2.26. The normalized spacial score (nSPS) is 21.3. The van der Waals surface area contributed by atoms with Gasteiger partial charge in [-0.05, 0) is 39.5 Å². The summed E-state index contributed by atoms with van der Waals surface area (Å²) in [4.78, 5) is 20.5. The number of amides is 1. The highest BCUT2D eigenvalue weighted by molar-refractivity contribution is 5.85. The molecule has 138 valence electrons. The van der Waals surface area contributed by atoms with Crippen LogP contribution in [0.25, 0.3) is 0 Å². The molecule has 0 atom stereocenters. The summed E-state index contributed by atoms with van der Waals surface area (Å²) in [6, 6.07) is 1.57. The maximum atomic E-state index is 11.8. The number of hydrogen-bond donors (Lipinski definition) is 2. The van der Waals surface area contributed by atoms with E-state index in [1.54, 1.807) is 19.0 Å². The summed E-state index contributed by atoms with van der Waals surface area (Å²) in [6.45, 7) is 6.72. The van der Waals surface area contributed by atoms with Gasteiger partial charge in [-0.3, -0.25) is 4.79 Å². The van der Waals surface area contributed by atoms with Crippen LogP contribution in [0.15, 0.2) is 4.99 Å². The number of carbonyl (C=O) groups excluding carboxylic acids is 1. The summed E-state index contributed by atoms with van der Waals surface area (Å²) in [7, 11) is 3.53. The van der Waals surface area contributed by atoms with Gasteiger partial charge in [0.25, 0.3) is 0 Å². The summed E-state index contributed by atoms with van der Waals surface area (Å²) < 4.78 is 0. The van der Waals surface area contributed by atoms with Crippen LogP contribution < -0.4 is 10.6 Å². The monoisotopic (exact) mass is 337 g/mol. The zero-order valence-electron chi connectivity index (χ0n) is 15.8. The van der Waals surface area contributed by atoms with Crippen LogP contribution in [0.3, 0.4) is 0 Å². The van der Waals surface area contributed by atoms with Gasteiger partial charge < -0.3 is 20.4 Å². The van der Waals surface area contributed by atoms with Crippen LogP contribution >= 0.6 is 0 Å². The lowest BCUT2D eigenvalue weighted by Gasteiger charge is -2.36. The van der Waals surface area contributed by atoms with E-state index in [4.69, 9.17) is 0 Å². The molecule has 0 unspecified atom stereocenters. The standard InChI is InChI=1S/C18H35N5O/c1-14(2)20-18(19-13-17(24)22(3)4)21-15-9-11-23(12-10-15)16-7-5-6-8-16/h14-16H,5-13H2,1-4H3,(H2,19,20,21). The maximum absolute atomic E-state index is 11.8. The third-order valence-corrected chi connectivity index (χ3v) is 5.01. The van der Waals surface area contributed by atoms with Gasteiger partial charge in [0.2, 0.25) is 5.91 Å². The molecule has 2 N–H and O–H groups in total. The summed E-state index contributed by atoms with van der Waals surface area (Å²) >= 11 is 0. The minimum Gasteiger partial charge on any atom is -0.354 e. The van der Waals surface area contributed by atoms with Crippen molar-refractivity contribution in [2.75, 3.05) is 33.7 Å². The Kier molecular flexibility index (Phi) is 7.34. The largest absolute Gasteiger partial charge is 0.354 e. The molecule has 2 aliphatic rings. The molecule has 1 saturated carbocycles. The second-order valence-corrected chi connectivity index (χ2v) is 7.64. The van der Waals surface area contributed by atoms with Gasteiger partial charge in [0, 0.05) is 45.3 Å². The van der Waals surface area contributed by atoms with Crippen molar-refractivity contribution in [3.05, 3.63) is 0 Å². The Hall–Kier alpha value is -1.30. The van der Waals surface area contributed by atoms with E-state index < -0.39 is 0 Å². The summed E-state index contributed by atoms with van der Waals surface area (Å²) in [5, 5.41) is 6.88. The lowest BCUT2D eigenvalue weighted by atomic mass is 10.0. The summed E-state index contributed by atoms with van der Waals surface area (Å²) in [6.07, 6.45) is 7.86. The van der Waals surface area contributed by atoms with Gasteiger partial charge in [-0.25, -0.2) is 4.99 Å². The molecule has 2 fully saturated rings. The maximum Gasteiger partial charge on any atom is 0.243 e. The predicted molar refractivity (Wildman–Crippen MR) is 99.3 cm³/mol. The van der Waals surface area contributed by atoms with Gasteiger partial charge in [-0.1, -0.05) is 12.8 Å². The molecule has 6 nitrogen and oxygen atoms in total. The van der Waals surface area contributed by atoms with E-state index in [2.05, 4.69) is 34.4 Å². The first kappa shape index (κ1) is 19.0. The van der Waals surface area contributed by atoms with Crippen LogP contribution in [0.5, 0.6) is 0 Å². The van der Waals surface area contributed by atoms with E-state index in [0.29, 0.717) is 12.1 Å². The molecular formula is C18H35N5O. The fourth-order valence-electron chi connectivity index (χ4n) is 3.57. The van der Waals surface area contributed by atoms with Crippen molar-refractivity contribution in [3.63, 3.8) is 0 Å². The Labute approximate surface area is 147 Å². The van der Waals surface area contributed by atoms with Crippen molar-refractivity contribution < 1.29 is 4.79 Å². The number of carbonyl (C=O) groups is 1. The van der Waals surface area contributed by atoms with Gasteiger partial charge in [0.1, 0.15) is 6.54 Å². The van der Waals surface area contributed by atoms with E-state index in [1.807, 2.05) is 0 Å². The molecule has 0 aromatic carbocycles. The first-order valence-electron chi connectivity index (χ1n) is 9.47. The highest BCUT2D eigenvalue weighted by Gasteiger charge is 2.27. The van der Waals surface area contributed by atoms with Crippen molar-refractivity contribution in [2.24, 2.45) is 4.99 Å². The molecule has 24 heavy (non-hydrogen) atoms.